The maximum Gasteiger partial charge on any atom is 0.229 e. The van der Waals surface area contributed by atoms with E-state index < -0.39 is 30.7 Å². The maximum atomic E-state index is 10.9. The van der Waals surface area contributed by atoms with Crippen molar-refractivity contribution in [2.75, 3.05) is 6.61 Å². The highest BCUT2D eigenvalue weighted by atomic mass is 32.1. The Balaban J connectivity index is 1.55. The summed E-state index contributed by atoms with van der Waals surface area (Å²) in [5, 5.41) is 20.8. The van der Waals surface area contributed by atoms with Crippen molar-refractivity contribution in [3.8, 4) is 0 Å². The average Bonchev–Trinajstić information content (AvgIpc) is 2.85. The summed E-state index contributed by atoms with van der Waals surface area (Å²) < 4.78 is 24.4. The van der Waals surface area contributed by atoms with Gasteiger partial charge in [-0.25, -0.2) is 0 Å². The molecule has 0 aromatic heterocycles. The monoisotopic (exact) mass is 468 g/mol. The first kappa shape index (κ1) is 23.8. The summed E-state index contributed by atoms with van der Waals surface area (Å²) in [6, 6.07) is 19.4. The number of rotatable bonds is 9. The smallest absolute Gasteiger partial charge is 0.229 e. The SMILES string of the molecule is OC[C@H]1O[C@@H](OC2=CCC(=S)C=C2)[C@H](OCc2ccccc2)[C@@H](OCc2ccccc2)[C@@H]1O. The van der Waals surface area contributed by atoms with Gasteiger partial charge in [0.05, 0.1) is 19.8 Å². The number of thiocarbonyl (C=S) groups is 1. The summed E-state index contributed by atoms with van der Waals surface area (Å²) >= 11 is 5.21. The van der Waals surface area contributed by atoms with Crippen LogP contribution in [0.2, 0.25) is 0 Å². The van der Waals surface area contributed by atoms with Gasteiger partial charge < -0.3 is 29.2 Å². The Morgan fingerprint density at radius 1 is 0.879 bits per heavy atom. The van der Waals surface area contributed by atoms with Gasteiger partial charge in [0.15, 0.2) is 0 Å². The molecule has 6 nitrogen and oxygen atoms in total. The van der Waals surface area contributed by atoms with Crippen molar-refractivity contribution in [1.82, 2.24) is 0 Å². The van der Waals surface area contributed by atoms with E-state index >= 15 is 0 Å². The summed E-state index contributed by atoms with van der Waals surface area (Å²) in [6.45, 7) is 0.182. The largest absolute Gasteiger partial charge is 0.462 e. The second kappa shape index (κ2) is 11.7. The minimum absolute atomic E-state index is 0.273. The van der Waals surface area contributed by atoms with Crippen LogP contribution in [-0.2, 0) is 32.2 Å². The van der Waals surface area contributed by atoms with Gasteiger partial charge in [-0.3, -0.25) is 0 Å². The van der Waals surface area contributed by atoms with Crippen LogP contribution in [0.25, 0.3) is 0 Å². The van der Waals surface area contributed by atoms with Gasteiger partial charge in [-0.15, -0.1) is 0 Å². The highest BCUT2D eigenvalue weighted by Gasteiger charge is 2.48. The molecule has 7 heteroatoms. The molecule has 4 rings (SSSR count). The number of aliphatic hydroxyl groups is 2. The van der Waals surface area contributed by atoms with Crippen molar-refractivity contribution in [2.24, 2.45) is 0 Å². The zero-order valence-electron chi connectivity index (χ0n) is 18.2. The summed E-state index contributed by atoms with van der Waals surface area (Å²) in [4.78, 5) is 0.816. The van der Waals surface area contributed by atoms with Crippen LogP contribution < -0.4 is 0 Å². The summed E-state index contributed by atoms with van der Waals surface area (Å²) in [5.74, 6) is 0.594. The van der Waals surface area contributed by atoms with E-state index in [0.717, 1.165) is 16.0 Å². The molecular formula is C26H28O6S. The van der Waals surface area contributed by atoms with Crippen LogP contribution in [0.4, 0.5) is 0 Å². The third kappa shape index (κ3) is 6.35. The van der Waals surface area contributed by atoms with Crippen LogP contribution in [0.1, 0.15) is 17.5 Å². The number of allylic oxidation sites excluding steroid dienone is 3. The fourth-order valence-electron chi connectivity index (χ4n) is 3.77. The fourth-order valence-corrected chi connectivity index (χ4v) is 3.92. The second-order valence-corrected chi connectivity index (χ2v) is 8.49. The van der Waals surface area contributed by atoms with Crippen LogP contribution in [-0.4, -0.2) is 52.4 Å². The van der Waals surface area contributed by atoms with Gasteiger partial charge in [0.1, 0.15) is 30.2 Å². The lowest BCUT2D eigenvalue weighted by Crippen LogP contribution is -2.60. The number of aliphatic hydroxyl groups excluding tert-OH is 2. The molecule has 0 bridgehead atoms. The van der Waals surface area contributed by atoms with Gasteiger partial charge in [0.25, 0.3) is 0 Å². The Morgan fingerprint density at radius 3 is 2.03 bits per heavy atom. The first-order chi connectivity index (χ1) is 16.1. The van der Waals surface area contributed by atoms with E-state index in [-0.39, 0.29) is 19.8 Å². The minimum atomic E-state index is -1.09. The topological polar surface area (TPSA) is 77.4 Å². The zero-order chi connectivity index (χ0) is 23.0. The third-order valence-corrected chi connectivity index (χ3v) is 5.86. The summed E-state index contributed by atoms with van der Waals surface area (Å²) in [6.07, 6.45) is 1.69. The Kier molecular flexibility index (Phi) is 8.39. The molecule has 2 aromatic carbocycles. The van der Waals surface area contributed by atoms with Gasteiger partial charge in [-0.1, -0.05) is 72.9 Å². The highest BCUT2D eigenvalue weighted by molar-refractivity contribution is 7.80. The number of hydrogen-bond acceptors (Lipinski definition) is 7. The van der Waals surface area contributed by atoms with Crippen molar-refractivity contribution in [2.45, 2.75) is 50.3 Å². The van der Waals surface area contributed by atoms with Crippen molar-refractivity contribution in [3.05, 3.63) is 95.8 Å². The predicted molar refractivity (Wildman–Crippen MR) is 127 cm³/mol. The van der Waals surface area contributed by atoms with Crippen molar-refractivity contribution in [1.29, 1.82) is 0 Å². The van der Waals surface area contributed by atoms with Gasteiger partial charge >= 0.3 is 0 Å². The van der Waals surface area contributed by atoms with Gasteiger partial charge in [0, 0.05) is 11.3 Å². The molecule has 0 amide bonds. The number of ether oxygens (including phenoxy) is 4. The third-order valence-electron chi connectivity index (χ3n) is 5.56. The van der Waals surface area contributed by atoms with E-state index in [2.05, 4.69) is 0 Å². The molecule has 1 saturated heterocycles. The Bertz CT molecular complexity index is 961. The predicted octanol–water partition coefficient (Wildman–Crippen LogP) is 3.47. The van der Waals surface area contributed by atoms with E-state index in [4.69, 9.17) is 31.2 Å². The molecule has 1 fully saturated rings. The number of hydrogen-bond donors (Lipinski definition) is 2. The van der Waals surface area contributed by atoms with E-state index in [1.165, 1.54) is 0 Å². The normalized spacial score (nSPS) is 27.3. The molecule has 5 atom stereocenters. The van der Waals surface area contributed by atoms with E-state index in [1.54, 1.807) is 6.08 Å². The molecule has 1 aliphatic carbocycles. The molecule has 1 aliphatic heterocycles. The molecule has 0 saturated carbocycles. The van der Waals surface area contributed by atoms with Crippen LogP contribution in [0.3, 0.4) is 0 Å². The number of benzene rings is 2. The molecule has 33 heavy (non-hydrogen) atoms. The van der Waals surface area contributed by atoms with Crippen LogP contribution in [0.15, 0.2) is 84.7 Å². The lowest BCUT2D eigenvalue weighted by molar-refractivity contribution is -0.310. The Morgan fingerprint density at radius 2 is 1.48 bits per heavy atom. The first-order valence-corrected chi connectivity index (χ1v) is 11.4. The van der Waals surface area contributed by atoms with Crippen LogP contribution in [0.5, 0.6) is 0 Å². The molecule has 1 heterocycles. The van der Waals surface area contributed by atoms with E-state index in [9.17, 15) is 10.2 Å². The fraction of sp³-hybridized carbons (Fsp3) is 0.346. The second-order valence-electron chi connectivity index (χ2n) is 7.97. The first-order valence-electron chi connectivity index (χ1n) is 11.0. The van der Waals surface area contributed by atoms with Gasteiger partial charge in [-0.2, -0.15) is 0 Å². The molecule has 2 N–H and O–H groups in total. The standard InChI is InChI=1S/C26H28O6S/c27-15-22-23(28)24(29-16-18-7-3-1-4-8-18)25(30-17-19-9-5-2-6-10-19)26(32-22)31-20-11-13-21(33)14-12-20/h1-13,22-28H,14-17H2/t22-,23-,24+,25-,26-/m1/s1. The molecule has 2 aliphatic rings. The lowest BCUT2D eigenvalue weighted by atomic mass is 9.98. The van der Waals surface area contributed by atoms with Crippen molar-refractivity contribution < 1.29 is 29.2 Å². The quantitative estimate of drug-likeness (QED) is 0.546. The molecule has 174 valence electrons. The Hall–Kier alpha value is -2.39. The van der Waals surface area contributed by atoms with Gasteiger partial charge in [0.2, 0.25) is 6.29 Å². The molecule has 0 spiro atoms. The summed E-state index contributed by atoms with van der Waals surface area (Å²) in [7, 11) is 0. The van der Waals surface area contributed by atoms with Crippen LogP contribution in [0, 0.1) is 0 Å². The molecule has 0 unspecified atom stereocenters. The minimum Gasteiger partial charge on any atom is -0.462 e. The van der Waals surface area contributed by atoms with Crippen molar-refractivity contribution in [3.63, 3.8) is 0 Å². The van der Waals surface area contributed by atoms with Gasteiger partial charge in [-0.05, 0) is 29.4 Å². The van der Waals surface area contributed by atoms with Crippen LogP contribution >= 0.6 is 12.2 Å². The Labute approximate surface area is 199 Å². The van der Waals surface area contributed by atoms with Crippen molar-refractivity contribution >= 4 is 17.1 Å². The van der Waals surface area contributed by atoms with E-state index in [0.29, 0.717) is 12.2 Å². The molecule has 0 radical (unpaired) electrons. The van der Waals surface area contributed by atoms with E-state index in [1.807, 2.05) is 72.8 Å². The highest BCUT2D eigenvalue weighted by Crippen LogP contribution is 2.30. The lowest BCUT2D eigenvalue weighted by Gasteiger charge is -2.43. The molecular weight excluding hydrogens is 440 g/mol. The summed E-state index contributed by atoms with van der Waals surface area (Å²) in [5.41, 5.74) is 1.93. The zero-order valence-corrected chi connectivity index (χ0v) is 19.0. The average molecular weight is 469 g/mol. The maximum absolute atomic E-state index is 10.9. The molecule has 2 aromatic rings.